The Balaban J connectivity index is 2.16. The first-order valence-corrected chi connectivity index (χ1v) is 8.64. The van der Waals surface area contributed by atoms with E-state index in [1.165, 1.54) is 4.57 Å². The summed E-state index contributed by atoms with van der Waals surface area (Å²) >= 11 is 6.17. The number of hydrogen-bond donors (Lipinski definition) is 1. The third kappa shape index (κ3) is 4.12. The molecule has 0 saturated carbocycles. The highest BCUT2D eigenvalue weighted by Crippen LogP contribution is 2.25. The van der Waals surface area contributed by atoms with Crippen molar-refractivity contribution in [2.24, 2.45) is 0 Å². The number of aliphatic hydroxyl groups excluding tert-OH is 1. The molecule has 130 valence electrons. The van der Waals surface area contributed by atoms with Gasteiger partial charge in [0.25, 0.3) is 0 Å². The first-order chi connectivity index (χ1) is 14.3. The van der Waals surface area contributed by atoms with Crippen LogP contribution in [0.25, 0.3) is 10.9 Å². The van der Waals surface area contributed by atoms with Crippen molar-refractivity contribution in [2.45, 2.75) is 32.2 Å². The number of benzene rings is 2. The van der Waals surface area contributed by atoms with Crippen molar-refractivity contribution in [3.8, 4) is 0 Å². The fraction of sp³-hybridized carbons (Fsp3) is 0.286. The van der Waals surface area contributed by atoms with Crippen molar-refractivity contribution in [1.82, 2.24) is 4.57 Å². The molecule has 1 heterocycles. The van der Waals surface area contributed by atoms with Gasteiger partial charge < -0.3 is 9.67 Å². The second-order valence-electron chi connectivity index (χ2n) is 5.84. The van der Waals surface area contributed by atoms with Crippen LogP contribution >= 0.6 is 11.6 Å². The van der Waals surface area contributed by atoms with Crippen molar-refractivity contribution < 1.29 is 16.8 Å². The molecule has 0 radical (unpaired) electrons. The van der Waals surface area contributed by atoms with Crippen LogP contribution in [0.4, 0.5) is 0 Å². The summed E-state index contributed by atoms with van der Waals surface area (Å²) in [6.45, 7) is 0.373. The molecule has 0 amide bonds. The Hall–Kier alpha value is -2.10. The number of aryl methyl sites for hydroxylation is 1. The molecule has 1 N–H and O–H groups in total. The van der Waals surface area contributed by atoms with Gasteiger partial charge in [-0.25, -0.2) is 0 Å². The molecule has 2 aromatic carbocycles. The van der Waals surface area contributed by atoms with Gasteiger partial charge in [-0.2, -0.15) is 0 Å². The highest BCUT2D eigenvalue weighted by atomic mass is 35.5. The van der Waals surface area contributed by atoms with Crippen LogP contribution in [0, 0.1) is 0 Å². The van der Waals surface area contributed by atoms with Gasteiger partial charge in [0.05, 0.1) is 6.85 Å². The van der Waals surface area contributed by atoms with Gasteiger partial charge in [-0.15, -0.1) is 0 Å². The maximum atomic E-state index is 13.2. The number of aromatic nitrogens is 1. The SMILES string of the molecule is [2H]c1c([2H])c([2H])c2c(c1[2H])c(C(=O)Cc1ccccc1Cl)c([2H])n2CCCCCO. The highest BCUT2D eigenvalue weighted by Gasteiger charge is 2.16. The van der Waals surface area contributed by atoms with Crippen LogP contribution in [0.5, 0.6) is 0 Å². The van der Waals surface area contributed by atoms with Crippen LogP contribution in [-0.2, 0) is 13.0 Å². The molecule has 25 heavy (non-hydrogen) atoms. The van der Waals surface area contributed by atoms with Crippen LogP contribution < -0.4 is 0 Å². The number of Topliss-reactive ketones (excluding diaryl/α,β-unsaturated/α-hetero) is 1. The topological polar surface area (TPSA) is 42.2 Å². The average Bonchev–Trinajstić information content (AvgIpc) is 3.02. The summed E-state index contributed by atoms with van der Waals surface area (Å²) in [5.41, 5.74) is 0.741. The fourth-order valence-electron chi connectivity index (χ4n) is 2.77. The van der Waals surface area contributed by atoms with Gasteiger partial charge in [0.2, 0.25) is 0 Å². The van der Waals surface area contributed by atoms with Crippen LogP contribution in [0.2, 0.25) is 5.02 Å². The van der Waals surface area contributed by atoms with Crippen LogP contribution in [0.1, 0.15) is 42.0 Å². The zero-order chi connectivity index (χ0) is 22.0. The molecule has 0 aliphatic carbocycles. The van der Waals surface area contributed by atoms with E-state index in [0.717, 1.165) is 0 Å². The van der Waals surface area contributed by atoms with Gasteiger partial charge in [0.15, 0.2) is 5.78 Å². The predicted octanol–water partition coefficient (Wildman–Crippen LogP) is 4.88. The second-order valence-corrected chi connectivity index (χ2v) is 6.24. The summed E-state index contributed by atoms with van der Waals surface area (Å²) in [6, 6.07) is 5.47. The molecule has 3 rings (SSSR count). The molecular weight excluding hydrogens is 334 g/mol. The van der Waals surface area contributed by atoms with Crippen molar-refractivity contribution in [2.75, 3.05) is 6.61 Å². The van der Waals surface area contributed by atoms with E-state index < -0.39 is 17.9 Å². The number of halogens is 1. The Morgan fingerprint density at radius 3 is 2.76 bits per heavy atom. The molecule has 3 aromatic rings. The zero-order valence-electron chi connectivity index (χ0n) is 18.7. The first-order valence-electron chi connectivity index (χ1n) is 10.8. The molecule has 0 fully saturated rings. The number of carbonyl (C=O) groups excluding carboxylic acids is 1. The van der Waals surface area contributed by atoms with Crippen molar-refractivity contribution in [3.63, 3.8) is 0 Å². The number of aliphatic hydroxyl groups is 1. The Labute approximate surface area is 159 Å². The molecule has 0 aliphatic rings. The van der Waals surface area contributed by atoms with Gasteiger partial charge in [-0.3, -0.25) is 4.79 Å². The number of nitrogens with zero attached hydrogens (tertiary/aromatic N) is 1. The van der Waals surface area contributed by atoms with Gasteiger partial charge in [0, 0.05) is 47.2 Å². The van der Waals surface area contributed by atoms with Crippen LogP contribution in [0.3, 0.4) is 0 Å². The highest BCUT2D eigenvalue weighted by molar-refractivity contribution is 6.31. The fourth-order valence-corrected chi connectivity index (χ4v) is 2.97. The number of rotatable bonds is 8. The van der Waals surface area contributed by atoms with E-state index in [9.17, 15) is 4.79 Å². The maximum absolute atomic E-state index is 13.2. The Morgan fingerprint density at radius 1 is 1.16 bits per heavy atom. The Morgan fingerprint density at radius 2 is 1.96 bits per heavy atom. The monoisotopic (exact) mass is 360 g/mol. The average molecular weight is 361 g/mol. The first kappa shape index (κ1) is 12.3. The third-order valence-electron chi connectivity index (χ3n) is 4.06. The summed E-state index contributed by atoms with van der Waals surface area (Å²) in [5.74, 6) is -0.419. The standard InChI is InChI=1S/C21H22ClNO2/c22-19-10-4-2-8-16(19)14-21(25)18-15-23(12-6-1-7-13-24)20-11-5-3-9-17(18)20/h2-5,8-11,15,24H,1,6-7,12-14H2/i3D,5D,9D,11D,15D. The summed E-state index contributed by atoms with van der Waals surface area (Å²) in [5, 5.41) is 9.47. The lowest BCUT2D eigenvalue weighted by Crippen LogP contribution is -2.04. The van der Waals surface area contributed by atoms with Gasteiger partial charge >= 0.3 is 0 Å². The van der Waals surface area contributed by atoms with Crippen molar-refractivity contribution >= 4 is 28.3 Å². The summed E-state index contributed by atoms with van der Waals surface area (Å²) < 4.78 is 42.7. The maximum Gasteiger partial charge on any atom is 0.169 e. The minimum absolute atomic E-state index is 0.0147. The van der Waals surface area contributed by atoms with E-state index in [1.54, 1.807) is 24.3 Å². The second kappa shape index (κ2) is 8.32. The number of fused-ring (bicyclic) bond motifs is 1. The van der Waals surface area contributed by atoms with Crippen LogP contribution in [0.15, 0.2) is 54.6 Å². The molecule has 0 saturated heterocycles. The number of ketones is 1. The molecule has 0 bridgehead atoms. The van der Waals surface area contributed by atoms with Crippen molar-refractivity contribution in [1.29, 1.82) is 0 Å². The molecular formula is C21H22ClNO2. The lowest BCUT2D eigenvalue weighted by Gasteiger charge is -2.04. The summed E-state index contributed by atoms with van der Waals surface area (Å²) in [4.78, 5) is 13.2. The van der Waals surface area contributed by atoms with E-state index in [4.69, 9.17) is 23.6 Å². The van der Waals surface area contributed by atoms with Gasteiger partial charge in [-0.05, 0) is 36.9 Å². The summed E-state index contributed by atoms with van der Waals surface area (Å²) in [6.07, 6.45) is 1.71. The molecule has 4 heteroatoms. The van der Waals surface area contributed by atoms with Gasteiger partial charge in [-0.1, -0.05) is 47.9 Å². The number of carbonyl (C=O) groups is 1. The smallest absolute Gasteiger partial charge is 0.169 e. The third-order valence-corrected chi connectivity index (χ3v) is 4.43. The molecule has 1 aromatic heterocycles. The molecule has 0 spiro atoms. The quantitative estimate of drug-likeness (QED) is 0.459. The summed E-state index contributed by atoms with van der Waals surface area (Å²) in [7, 11) is 0. The minimum Gasteiger partial charge on any atom is -0.396 e. The molecule has 0 atom stereocenters. The van der Waals surface area contributed by atoms with Crippen LogP contribution in [-0.4, -0.2) is 22.1 Å². The minimum atomic E-state index is -0.434. The van der Waals surface area contributed by atoms with E-state index >= 15 is 0 Å². The van der Waals surface area contributed by atoms with E-state index in [2.05, 4.69) is 0 Å². The number of unbranched alkanes of at least 4 members (excludes halogenated alkanes) is 2. The lowest BCUT2D eigenvalue weighted by molar-refractivity contribution is 0.0994. The Kier molecular flexibility index (Phi) is 4.09. The normalized spacial score (nSPS) is 13.9. The molecule has 3 nitrogen and oxygen atoms in total. The lowest BCUT2D eigenvalue weighted by atomic mass is 10.0. The zero-order valence-corrected chi connectivity index (χ0v) is 14.5. The molecule has 0 aliphatic heterocycles. The predicted molar refractivity (Wildman–Crippen MR) is 102 cm³/mol. The van der Waals surface area contributed by atoms with E-state index in [0.29, 0.717) is 36.4 Å². The molecule has 0 unspecified atom stereocenters. The van der Waals surface area contributed by atoms with Crippen molar-refractivity contribution in [3.05, 3.63) is 70.8 Å². The largest absolute Gasteiger partial charge is 0.396 e. The van der Waals surface area contributed by atoms with E-state index in [1.807, 2.05) is 0 Å². The number of hydrogen-bond acceptors (Lipinski definition) is 2. The Bertz CT molecular complexity index is 1110. The number of para-hydroxylation sites is 1. The van der Waals surface area contributed by atoms with Gasteiger partial charge in [0.1, 0.15) is 0 Å². The van der Waals surface area contributed by atoms with E-state index in [-0.39, 0.29) is 47.8 Å².